The molecule has 220 valence electrons. The topological polar surface area (TPSA) is 127 Å². The van der Waals surface area contributed by atoms with E-state index >= 15 is 0 Å². The lowest BCUT2D eigenvalue weighted by Gasteiger charge is -2.22. The first-order valence-electron chi connectivity index (χ1n) is 12.7. The summed E-state index contributed by atoms with van der Waals surface area (Å²) in [5, 5.41) is 9.52. The van der Waals surface area contributed by atoms with Crippen molar-refractivity contribution in [3.05, 3.63) is 81.1 Å². The normalized spacial score (nSPS) is 15.0. The molecule has 1 fully saturated rings. The molecule has 2 N–H and O–H groups in total. The van der Waals surface area contributed by atoms with Gasteiger partial charge in [0.15, 0.2) is 11.5 Å². The zero-order chi connectivity index (χ0) is 30.0. The number of halogens is 4. The standard InChI is InChI=1S/C28H23Cl2F2N3O7/c29-20-10-33-11-21(30)19(20)9-23(15-3-6-22(42-28(31)32)24(7-15)40-13-14-1-2-14)41-25(36)12-35-26(37)17-5-4-16(34-39)8-18(17)27(35)38/h3-8,10-11,14,23,28,34,39H,1-2,9,12-13H2. The van der Waals surface area contributed by atoms with Gasteiger partial charge in [-0.15, -0.1) is 0 Å². The molecule has 1 aliphatic carbocycles. The second-order valence-electron chi connectivity index (χ2n) is 9.67. The Morgan fingerprint density at radius 3 is 2.43 bits per heavy atom. The summed E-state index contributed by atoms with van der Waals surface area (Å²) >= 11 is 12.6. The number of nitrogens with zero attached hydrogens (tertiary/aromatic N) is 2. The predicted octanol–water partition coefficient (Wildman–Crippen LogP) is 5.70. The van der Waals surface area contributed by atoms with E-state index in [2.05, 4.69) is 9.72 Å². The number of nitrogens with one attached hydrogen (secondary N) is 1. The van der Waals surface area contributed by atoms with Crippen molar-refractivity contribution in [3.63, 3.8) is 0 Å². The smallest absolute Gasteiger partial charge is 0.387 e. The van der Waals surface area contributed by atoms with E-state index in [9.17, 15) is 23.2 Å². The number of ether oxygens (including phenoxy) is 3. The number of imide groups is 1. The third kappa shape index (κ3) is 6.56. The van der Waals surface area contributed by atoms with Gasteiger partial charge in [0, 0.05) is 18.8 Å². The Balaban J connectivity index is 1.42. The van der Waals surface area contributed by atoms with E-state index in [0.29, 0.717) is 23.7 Å². The molecule has 1 atom stereocenters. The minimum absolute atomic E-state index is 0.00539. The molecule has 1 unspecified atom stereocenters. The summed E-state index contributed by atoms with van der Waals surface area (Å²) in [6, 6.07) is 8.15. The van der Waals surface area contributed by atoms with Crippen LogP contribution in [0, 0.1) is 5.92 Å². The van der Waals surface area contributed by atoms with Gasteiger partial charge in [-0.25, -0.2) is 0 Å². The van der Waals surface area contributed by atoms with E-state index in [1.54, 1.807) is 0 Å². The van der Waals surface area contributed by atoms with E-state index in [1.165, 1.54) is 48.8 Å². The fraction of sp³-hybridized carbons (Fsp3) is 0.286. The van der Waals surface area contributed by atoms with Crippen molar-refractivity contribution in [2.45, 2.75) is 32.0 Å². The number of rotatable bonds is 12. The number of benzene rings is 2. The van der Waals surface area contributed by atoms with Crippen LogP contribution in [0.25, 0.3) is 0 Å². The van der Waals surface area contributed by atoms with Crippen LogP contribution in [-0.2, 0) is 16.0 Å². The SMILES string of the molecule is O=C(CN1C(=O)c2ccc(NO)cc2C1=O)OC(Cc1c(Cl)cncc1Cl)c1ccc(OC(F)F)c(OCC2CC2)c1. The maximum atomic E-state index is 13.2. The zero-order valence-electron chi connectivity index (χ0n) is 21.7. The van der Waals surface area contributed by atoms with Gasteiger partial charge < -0.3 is 14.2 Å². The molecule has 2 heterocycles. The van der Waals surface area contributed by atoms with Gasteiger partial charge in [0.2, 0.25) is 0 Å². The lowest BCUT2D eigenvalue weighted by atomic mass is 10.0. The van der Waals surface area contributed by atoms with E-state index in [4.69, 9.17) is 37.9 Å². The van der Waals surface area contributed by atoms with Crippen molar-refractivity contribution in [2.75, 3.05) is 18.6 Å². The number of alkyl halides is 2. The molecule has 2 aliphatic rings. The summed E-state index contributed by atoms with van der Waals surface area (Å²) in [7, 11) is 0. The molecule has 0 radical (unpaired) electrons. The van der Waals surface area contributed by atoms with Crippen LogP contribution in [0.3, 0.4) is 0 Å². The van der Waals surface area contributed by atoms with Crippen LogP contribution in [0.4, 0.5) is 14.5 Å². The van der Waals surface area contributed by atoms with Crippen molar-refractivity contribution < 1.29 is 42.6 Å². The van der Waals surface area contributed by atoms with Gasteiger partial charge in [0.25, 0.3) is 11.8 Å². The van der Waals surface area contributed by atoms with E-state index in [1.807, 2.05) is 5.48 Å². The number of carbonyl (C=O) groups is 3. The monoisotopic (exact) mass is 621 g/mol. The molecule has 14 heteroatoms. The van der Waals surface area contributed by atoms with Crippen LogP contribution < -0.4 is 15.0 Å². The summed E-state index contributed by atoms with van der Waals surface area (Å²) in [5.74, 6) is -2.25. The molecule has 1 saturated carbocycles. The fourth-order valence-electron chi connectivity index (χ4n) is 4.40. The molecular formula is C28H23Cl2F2N3O7. The number of amides is 2. The van der Waals surface area contributed by atoms with Crippen LogP contribution in [-0.4, -0.2) is 52.6 Å². The molecular weight excluding hydrogens is 599 g/mol. The van der Waals surface area contributed by atoms with Gasteiger partial charge in [-0.1, -0.05) is 29.3 Å². The molecule has 2 aromatic carbocycles. The minimum Gasteiger partial charge on any atom is -0.489 e. The molecule has 5 rings (SSSR count). The summed E-state index contributed by atoms with van der Waals surface area (Å²) in [6.45, 7) is -3.52. The Morgan fingerprint density at radius 1 is 1.05 bits per heavy atom. The Bertz CT molecular complexity index is 1520. The van der Waals surface area contributed by atoms with Crippen LogP contribution >= 0.6 is 23.2 Å². The second-order valence-corrected chi connectivity index (χ2v) is 10.5. The van der Waals surface area contributed by atoms with Crippen LogP contribution in [0.1, 0.15) is 50.8 Å². The van der Waals surface area contributed by atoms with Crippen LogP contribution in [0.2, 0.25) is 10.0 Å². The highest BCUT2D eigenvalue weighted by Crippen LogP contribution is 2.38. The van der Waals surface area contributed by atoms with Gasteiger partial charge in [-0.05, 0) is 60.2 Å². The number of esters is 1. The minimum atomic E-state index is -3.09. The third-order valence-electron chi connectivity index (χ3n) is 6.73. The average Bonchev–Trinajstić information content (AvgIpc) is 3.76. The summed E-state index contributed by atoms with van der Waals surface area (Å²) in [4.78, 5) is 43.6. The number of hydrogen-bond donors (Lipinski definition) is 2. The first kappa shape index (κ1) is 29.5. The van der Waals surface area contributed by atoms with Crippen LogP contribution in [0.5, 0.6) is 11.5 Å². The molecule has 42 heavy (non-hydrogen) atoms. The third-order valence-corrected chi connectivity index (χ3v) is 7.38. The largest absolute Gasteiger partial charge is 0.489 e. The molecule has 0 spiro atoms. The van der Waals surface area contributed by atoms with Gasteiger partial charge >= 0.3 is 12.6 Å². The highest BCUT2D eigenvalue weighted by molar-refractivity contribution is 6.35. The maximum absolute atomic E-state index is 13.2. The van der Waals surface area contributed by atoms with Crippen molar-refractivity contribution in [1.29, 1.82) is 0 Å². The molecule has 0 bridgehead atoms. The van der Waals surface area contributed by atoms with Gasteiger partial charge in [0.1, 0.15) is 12.6 Å². The Labute approximate surface area is 248 Å². The highest BCUT2D eigenvalue weighted by Gasteiger charge is 2.38. The highest BCUT2D eigenvalue weighted by atomic mass is 35.5. The quantitative estimate of drug-likeness (QED) is 0.149. The van der Waals surface area contributed by atoms with Crippen LogP contribution in [0.15, 0.2) is 48.8 Å². The lowest BCUT2D eigenvalue weighted by molar-refractivity contribution is -0.149. The molecule has 1 aromatic heterocycles. The first-order valence-corrected chi connectivity index (χ1v) is 13.5. The van der Waals surface area contributed by atoms with Crippen molar-refractivity contribution in [2.24, 2.45) is 5.92 Å². The zero-order valence-corrected chi connectivity index (χ0v) is 23.2. The second kappa shape index (κ2) is 12.5. The molecule has 1 aliphatic heterocycles. The first-order chi connectivity index (χ1) is 20.1. The Kier molecular flexibility index (Phi) is 8.76. The summed E-state index contributed by atoms with van der Waals surface area (Å²) < 4.78 is 42.2. The number of anilines is 1. The number of fused-ring (bicyclic) bond motifs is 1. The Morgan fingerprint density at radius 2 is 1.76 bits per heavy atom. The van der Waals surface area contributed by atoms with Gasteiger partial charge in [0.05, 0.1) is 33.5 Å². The van der Waals surface area contributed by atoms with Crippen molar-refractivity contribution >= 4 is 46.7 Å². The molecule has 10 nitrogen and oxygen atoms in total. The summed E-state index contributed by atoms with van der Waals surface area (Å²) in [6.07, 6.45) is 3.48. The molecule has 3 aromatic rings. The number of carbonyl (C=O) groups excluding carboxylic acids is 3. The fourth-order valence-corrected chi connectivity index (χ4v) is 4.92. The van der Waals surface area contributed by atoms with Gasteiger partial charge in [-0.2, -0.15) is 8.78 Å². The van der Waals surface area contributed by atoms with Crippen molar-refractivity contribution in [1.82, 2.24) is 9.88 Å². The van der Waals surface area contributed by atoms with Gasteiger partial charge in [-0.3, -0.25) is 35.0 Å². The predicted molar refractivity (Wildman–Crippen MR) is 145 cm³/mol. The van der Waals surface area contributed by atoms with Crippen molar-refractivity contribution in [3.8, 4) is 11.5 Å². The average molecular weight is 622 g/mol. The van der Waals surface area contributed by atoms with E-state index in [0.717, 1.165) is 17.7 Å². The van der Waals surface area contributed by atoms with E-state index in [-0.39, 0.29) is 44.8 Å². The summed E-state index contributed by atoms with van der Waals surface area (Å²) in [5.41, 5.74) is 2.88. The molecule has 0 saturated heterocycles. The maximum Gasteiger partial charge on any atom is 0.387 e. The molecule has 2 amide bonds. The number of hydrogen-bond acceptors (Lipinski definition) is 9. The Hall–Kier alpha value is -4.00. The number of aromatic nitrogens is 1. The lowest BCUT2D eigenvalue weighted by Crippen LogP contribution is -2.36. The number of pyridine rings is 1. The van der Waals surface area contributed by atoms with E-state index < -0.39 is 37.0 Å².